The quantitative estimate of drug-likeness (QED) is 0.506. The van der Waals surface area contributed by atoms with Crippen molar-refractivity contribution >= 4 is 0 Å². The number of nitrogens with two attached hydrogens (primary N) is 1. The predicted molar refractivity (Wildman–Crippen MR) is 87.2 cm³/mol. The van der Waals surface area contributed by atoms with Crippen LogP contribution in [-0.2, 0) is 5.41 Å². The van der Waals surface area contributed by atoms with Crippen LogP contribution in [0.1, 0.15) is 55.5 Å². The molecule has 1 aromatic rings. The fraction of sp³-hybridized carbons (Fsp3) is 0.556. The number of nitrogens with one attached hydrogen (secondary N) is 1. The summed E-state index contributed by atoms with van der Waals surface area (Å²) in [6.07, 6.45) is 5.21. The van der Waals surface area contributed by atoms with Crippen molar-refractivity contribution in [2.75, 3.05) is 6.54 Å². The smallest absolute Gasteiger partial charge is 0.131 e. The monoisotopic (exact) mass is 302 g/mol. The zero-order valence-corrected chi connectivity index (χ0v) is 13.3. The first kappa shape index (κ1) is 15.7. The van der Waals surface area contributed by atoms with E-state index in [1.807, 2.05) is 6.07 Å². The highest BCUT2D eigenvalue weighted by Gasteiger charge is 2.45. The van der Waals surface area contributed by atoms with E-state index in [1.165, 1.54) is 17.5 Å². The Morgan fingerprint density at radius 2 is 2.14 bits per heavy atom. The first-order valence-corrected chi connectivity index (χ1v) is 8.07. The molecule has 120 valence electrons. The molecule has 0 radical (unpaired) electrons. The molecule has 5 N–H and O–H groups in total. The van der Waals surface area contributed by atoms with E-state index in [9.17, 15) is 5.11 Å². The Hall–Kier alpha value is -1.20. The van der Waals surface area contributed by atoms with E-state index in [0.29, 0.717) is 11.8 Å². The molecule has 3 rings (SSSR count). The zero-order chi connectivity index (χ0) is 15.9. The van der Waals surface area contributed by atoms with Crippen LogP contribution in [0.25, 0.3) is 0 Å². The summed E-state index contributed by atoms with van der Waals surface area (Å²) in [4.78, 5) is 0. The third kappa shape index (κ3) is 2.61. The maximum atomic E-state index is 10.2. The summed E-state index contributed by atoms with van der Waals surface area (Å²) in [6.45, 7) is 4.82. The van der Waals surface area contributed by atoms with Gasteiger partial charge in [-0.3, -0.25) is 5.32 Å². The third-order valence-corrected chi connectivity index (χ3v) is 5.31. The van der Waals surface area contributed by atoms with Gasteiger partial charge in [-0.25, -0.2) is 0 Å². The largest absolute Gasteiger partial charge is 0.377 e. The second-order valence-corrected chi connectivity index (χ2v) is 7.08. The van der Waals surface area contributed by atoms with Crippen LogP contribution in [0.2, 0.25) is 0 Å². The first-order chi connectivity index (χ1) is 10.4. The van der Waals surface area contributed by atoms with Crippen molar-refractivity contribution in [2.45, 2.75) is 50.5 Å². The molecule has 2 aliphatic carbocycles. The van der Waals surface area contributed by atoms with E-state index in [1.54, 1.807) is 0 Å². The summed E-state index contributed by atoms with van der Waals surface area (Å²) in [5.74, 6) is 1.09. The lowest BCUT2D eigenvalue weighted by Crippen LogP contribution is -2.35. The molecular weight excluding hydrogens is 276 g/mol. The van der Waals surface area contributed by atoms with Crippen molar-refractivity contribution in [3.8, 4) is 0 Å². The highest BCUT2D eigenvalue weighted by Crippen LogP contribution is 2.54. The van der Waals surface area contributed by atoms with Crippen molar-refractivity contribution in [3.05, 3.63) is 47.0 Å². The molecule has 2 aliphatic rings. The summed E-state index contributed by atoms with van der Waals surface area (Å²) in [6, 6.07) is 6.24. The van der Waals surface area contributed by atoms with Gasteiger partial charge < -0.3 is 15.9 Å². The Labute approximate surface area is 132 Å². The number of aliphatic hydroxyl groups is 2. The van der Waals surface area contributed by atoms with Crippen LogP contribution in [-0.4, -0.2) is 23.0 Å². The zero-order valence-electron chi connectivity index (χ0n) is 13.3. The van der Waals surface area contributed by atoms with Gasteiger partial charge in [0.1, 0.15) is 12.5 Å². The number of hydrogen-bond donors (Lipinski definition) is 4. The molecule has 0 aromatic heterocycles. The van der Waals surface area contributed by atoms with Gasteiger partial charge in [-0.1, -0.05) is 44.2 Å². The molecule has 0 saturated heterocycles. The van der Waals surface area contributed by atoms with Crippen LogP contribution in [0.5, 0.6) is 0 Å². The molecule has 4 unspecified atom stereocenters. The van der Waals surface area contributed by atoms with Crippen LogP contribution in [0.3, 0.4) is 0 Å². The maximum Gasteiger partial charge on any atom is 0.131 e. The Bertz CT molecular complexity index is 580. The average Bonchev–Trinajstić information content (AvgIpc) is 2.73. The summed E-state index contributed by atoms with van der Waals surface area (Å²) in [7, 11) is 0. The van der Waals surface area contributed by atoms with Gasteiger partial charge in [0, 0.05) is 12.5 Å². The van der Waals surface area contributed by atoms with Gasteiger partial charge in [0.2, 0.25) is 0 Å². The molecule has 0 fully saturated rings. The summed E-state index contributed by atoms with van der Waals surface area (Å²) in [5, 5.41) is 22.2. The molecule has 4 heteroatoms. The Kier molecular flexibility index (Phi) is 4.12. The molecule has 22 heavy (non-hydrogen) atoms. The van der Waals surface area contributed by atoms with E-state index in [-0.39, 0.29) is 12.0 Å². The molecule has 0 amide bonds. The SMILES string of the molecule is CC1(C)c2ccc(C(O)NCC(N)O)cc2C2C=CCCC21. The van der Waals surface area contributed by atoms with Crippen molar-refractivity contribution < 1.29 is 10.2 Å². The fourth-order valence-corrected chi connectivity index (χ4v) is 4.13. The lowest BCUT2D eigenvalue weighted by atomic mass is 9.72. The Morgan fingerprint density at radius 1 is 1.36 bits per heavy atom. The molecule has 0 aliphatic heterocycles. The minimum Gasteiger partial charge on any atom is -0.377 e. The van der Waals surface area contributed by atoms with E-state index in [4.69, 9.17) is 10.8 Å². The van der Waals surface area contributed by atoms with Gasteiger partial charge in [0.15, 0.2) is 0 Å². The lowest BCUT2D eigenvalue weighted by Gasteiger charge is -2.32. The van der Waals surface area contributed by atoms with E-state index in [0.717, 1.165) is 12.0 Å². The first-order valence-electron chi connectivity index (χ1n) is 8.07. The van der Waals surface area contributed by atoms with E-state index in [2.05, 4.69) is 43.4 Å². The van der Waals surface area contributed by atoms with E-state index < -0.39 is 12.5 Å². The van der Waals surface area contributed by atoms with Crippen LogP contribution in [0.4, 0.5) is 0 Å². The number of benzene rings is 1. The van der Waals surface area contributed by atoms with Crippen molar-refractivity contribution in [3.63, 3.8) is 0 Å². The van der Waals surface area contributed by atoms with Gasteiger partial charge in [-0.05, 0) is 40.9 Å². The normalized spacial score (nSPS) is 28.0. The molecule has 0 saturated carbocycles. The second kappa shape index (κ2) is 5.78. The number of fused-ring (bicyclic) bond motifs is 3. The van der Waals surface area contributed by atoms with Gasteiger partial charge >= 0.3 is 0 Å². The highest BCUT2D eigenvalue weighted by atomic mass is 16.3. The van der Waals surface area contributed by atoms with Crippen molar-refractivity contribution in [1.82, 2.24) is 5.32 Å². The average molecular weight is 302 g/mol. The molecule has 1 aromatic carbocycles. The minimum atomic E-state index is -0.964. The number of rotatable bonds is 4. The van der Waals surface area contributed by atoms with Gasteiger partial charge in [-0.15, -0.1) is 0 Å². The maximum absolute atomic E-state index is 10.2. The van der Waals surface area contributed by atoms with Crippen LogP contribution in [0.15, 0.2) is 30.4 Å². The topological polar surface area (TPSA) is 78.5 Å². The molecule has 0 heterocycles. The fourth-order valence-electron chi connectivity index (χ4n) is 4.13. The van der Waals surface area contributed by atoms with Crippen LogP contribution < -0.4 is 11.1 Å². The van der Waals surface area contributed by atoms with Crippen molar-refractivity contribution in [2.24, 2.45) is 11.7 Å². The minimum absolute atomic E-state index is 0.162. The van der Waals surface area contributed by atoms with Crippen LogP contribution in [0, 0.1) is 5.92 Å². The Morgan fingerprint density at radius 3 is 2.86 bits per heavy atom. The van der Waals surface area contributed by atoms with Crippen molar-refractivity contribution in [1.29, 1.82) is 0 Å². The number of allylic oxidation sites excluding steroid dienone is 2. The summed E-state index contributed by atoms with van der Waals surface area (Å²) < 4.78 is 0. The predicted octanol–water partition coefficient (Wildman–Crippen LogP) is 1.89. The molecule has 4 atom stereocenters. The molecular formula is C18H26N2O2. The highest BCUT2D eigenvalue weighted by molar-refractivity contribution is 5.48. The third-order valence-electron chi connectivity index (χ3n) is 5.31. The molecule has 0 spiro atoms. The van der Waals surface area contributed by atoms with E-state index >= 15 is 0 Å². The second-order valence-electron chi connectivity index (χ2n) is 7.08. The summed E-state index contributed by atoms with van der Waals surface area (Å²) >= 11 is 0. The summed E-state index contributed by atoms with van der Waals surface area (Å²) in [5.41, 5.74) is 9.03. The van der Waals surface area contributed by atoms with Gasteiger partial charge in [-0.2, -0.15) is 0 Å². The Balaban J connectivity index is 1.91. The van der Waals surface area contributed by atoms with Gasteiger partial charge in [0.05, 0.1) is 0 Å². The number of hydrogen-bond acceptors (Lipinski definition) is 4. The van der Waals surface area contributed by atoms with Crippen LogP contribution >= 0.6 is 0 Å². The lowest BCUT2D eigenvalue weighted by molar-refractivity contribution is 0.105. The number of aliphatic hydroxyl groups excluding tert-OH is 2. The standard InChI is InChI=1S/C18H26N2O2/c1-18(2)14-6-4-3-5-12(14)13-9-11(7-8-15(13)18)17(22)20-10-16(19)21/h3,5,7-9,12,14,16-17,20-22H,4,6,10,19H2,1-2H3. The van der Waals surface area contributed by atoms with Gasteiger partial charge in [0.25, 0.3) is 0 Å². The molecule has 4 nitrogen and oxygen atoms in total. The molecule has 0 bridgehead atoms.